The average molecular weight is 419 g/mol. The van der Waals surface area contributed by atoms with E-state index in [4.69, 9.17) is 0 Å². The van der Waals surface area contributed by atoms with E-state index >= 15 is 0 Å². The van der Waals surface area contributed by atoms with Gasteiger partial charge in [-0.15, -0.1) is 0 Å². The summed E-state index contributed by atoms with van der Waals surface area (Å²) in [7, 11) is 1.73. The number of benzene rings is 2. The highest BCUT2D eigenvalue weighted by Crippen LogP contribution is 2.39. The Bertz CT molecular complexity index is 1200. The quantitative estimate of drug-likeness (QED) is 0.470. The van der Waals surface area contributed by atoms with Crippen molar-refractivity contribution in [3.63, 3.8) is 0 Å². The first kappa shape index (κ1) is 20.5. The van der Waals surface area contributed by atoms with Crippen molar-refractivity contribution in [3.8, 4) is 11.8 Å². The lowest BCUT2D eigenvalue weighted by molar-refractivity contribution is -0.131. The van der Waals surface area contributed by atoms with Crippen LogP contribution >= 0.6 is 0 Å². The van der Waals surface area contributed by atoms with Crippen molar-refractivity contribution in [2.75, 3.05) is 4.90 Å². The molecule has 1 fully saturated rings. The van der Waals surface area contributed by atoms with E-state index in [9.17, 15) is 18.4 Å². The van der Waals surface area contributed by atoms with E-state index in [1.807, 2.05) is 6.07 Å². The third-order valence-electron chi connectivity index (χ3n) is 5.35. The highest BCUT2D eigenvalue weighted by atomic mass is 19.1. The SMILES string of the molecule is Cn1cc(C2(C)CC(=O)N(c3c(F)cc(C#Cc4ccccc4)cc3F)C(=O)C2)cn1. The molecule has 2 amide bonds. The Morgan fingerprint density at radius 1 is 0.968 bits per heavy atom. The highest BCUT2D eigenvalue weighted by Gasteiger charge is 2.44. The van der Waals surface area contributed by atoms with Gasteiger partial charge in [0.25, 0.3) is 0 Å². The second-order valence-corrected chi connectivity index (χ2v) is 7.84. The van der Waals surface area contributed by atoms with Gasteiger partial charge < -0.3 is 0 Å². The van der Waals surface area contributed by atoms with Gasteiger partial charge in [0.2, 0.25) is 11.8 Å². The number of carbonyl (C=O) groups is 2. The van der Waals surface area contributed by atoms with Gasteiger partial charge in [0, 0.05) is 42.6 Å². The predicted molar refractivity (Wildman–Crippen MR) is 111 cm³/mol. The van der Waals surface area contributed by atoms with Gasteiger partial charge in [-0.25, -0.2) is 13.7 Å². The molecule has 0 saturated carbocycles. The van der Waals surface area contributed by atoms with Gasteiger partial charge in [0.05, 0.1) is 6.20 Å². The van der Waals surface area contributed by atoms with Crippen molar-refractivity contribution in [1.29, 1.82) is 0 Å². The van der Waals surface area contributed by atoms with E-state index in [0.717, 1.165) is 17.7 Å². The summed E-state index contributed by atoms with van der Waals surface area (Å²) in [6.45, 7) is 1.77. The molecule has 4 rings (SSSR count). The van der Waals surface area contributed by atoms with Crippen LogP contribution in [0.5, 0.6) is 0 Å². The second kappa shape index (κ2) is 7.80. The molecule has 0 bridgehead atoms. The van der Waals surface area contributed by atoms with E-state index < -0.39 is 34.6 Å². The maximum Gasteiger partial charge on any atom is 0.234 e. The first-order chi connectivity index (χ1) is 14.8. The number of amides is 2. The first-order valence-corrected chi connectivity index (χ1v) is 9.68. The van der Waals surface area contributed by atoms with Gasteiger partial charge in [-0.1, -0.05) is 37.0 Å². The lowest BCUT2D eigenvalue weighted by atomic mass is 9.75. The molecule has 156 valence electrons. The maximum atomic E-state index is 14.8. The number of piperidine rings is 1. The lowest BCUT2D eigenvalue weighted by Gasteiger charge is -2.37. The Morgan fingerprint density at radius 2 is 1.55 bits per heavy atom. The van der Waals surface area contributed by atoms with E-state index in [0.29, 0.717) is 10.5 Å². The summed E-state index contributed by atoms with van der Waals surface area (Å²) in [6.07, 6.45) is 3.19. The number of halogens is 2. The fourth-order valence-corrected chi connectivity index (χ4v) is 3.73. The number of rotatable bonds is 2. The van der Waals surface area contributed by atoms with Gasteiger partial charge >= 0.3 is 0 Å². The van der Waals surface area contributed by atoms with Crippen LogP contribution in [0.1, 0.15) is 36.5 Å². The van der Waals surface area contributed by atoms with Crippen molar-refractivity contribution in [3.05, 3.63) is 83.2 Å². The van der Waals surface area contributed by atoms with Crippen molar-refractivity contribution in [1.82, 2.24) is 9.78 Å². The summed E-state index contributed by atoms with van der Waals surface area (Å²) in [5.74, 6) is 2.18. The summed E-state index contributed by atoms with van der Waals surface area (Å²) >= 11 is 0. The summed E-state index contributed by atoms with van der Waals surface area (Å²) in [5.41, 5.74) is 0.0907. The van der Waals surface area contributed by atoms with E-state index in [-0.39, 0.29) is 18.4 Å². The monoisotopic (exact) mass is 419 g/mol. The number of aryl methyl sites for hydroxylation is 1. The number of imide groups is 1. The fraction of sp³-hybridized carbons (Fsp3) is 0.208. The highest BCUT2D eigenvalue weighted by molar-refractivity contribution is 6.17. The average Bonchev–Trinajstić information content (AvgIpc) is 3.16. The molecular formula is C24H19F2N3O2. The number of hydrogen-bond donors (Lipinski definition) is 0. The third kappa shape index (κ3) is 3.97. The zero-order valence-corrected chi connectivity index (χ0v) is 17.0. The Hall–Kier alpha value is -3.79. The van der Waals surface area contributed by atoms with Gasteiger partial charge in [-0.2, -0.15) is 5.10 Å². The molecule has 1 aliphatic heterocycles. The van der Waals surface area contributed by atoms with Crippen molar-refractivity contribution >= 4 is 17.5 Å². The summed E-state index contributed by atoms with van der Waals surface area (Å²) in [6, 6.07) is 11.1. The fourth-order valence-electron chi connectivity index (χ4n) is 3.73. The zero-order valence-electron chi connectivity index (χ0n) is 17.0. The Morgan fingerprint density at radius 3 is 2.10 bits per heavy atom. The normalized spacial score (nSPS) is 15.5. The largest absolute Gasteiger partial charge is 0.276 e. The van der Waals surface area contributed by atoms with E-state index in [2.05, 4.69) is 16.9 Å². The third-order valence-corrected chi connectivity index (χ3v) is 5.35. The maximum absolute atomic E-state index is 14.8. The molecule has 0 radical (unpaired) electrons. The predicted octanol–water partition coefficient (Wildman–Crippen LogP) is 3.71. The van der Waals surface area contributed by atoms with Crippen molar-refractivity contribution < 1.29 is 18.4 Å². The van der Waals surface area contributed by atoms with Gasteiger partial charge in [-0.3, -0.25) is 14.3 Å². The Labute approximate surface area is 178 Å². The standard InChI is InChI=1S/C24H19F2N3O2/c1-24(18-14-27-28(2)15-18)12-21(30)29(22(31)13-24)23-19(25)10-17(11-20(23)26)9-8-16-6-4-3-5-7-16/h3-7,10-11,14-15H,12-13H2,1-2H3. The number of nitrogens with zero attached hydrogens (tertiary/aromatic N) is 3. The number of aromatic nitrogens is 2. The van der Waals surface area contributed by atoms with E-state index in [1.165, 1.54) is 0 Å². The molecule has 7 heteroatoms. The second-order valence-electron chi connectivity index (χ2n) is 7.84. The van der Waals surface area contributed by atoms with Gasteiger partial charge in [0.1, 0.15) is 5.69 Å². The lowest BCUT2D eigenvalue weighted by Crippen LogP contribution is -2.49. The van der Waals surface area contributed by atoms with Crippen LogP contribution in [0, 0.1) is 23.5 Å². The molecule has 2 heterocycles. The number of anilines is 1. The topological polar surface area (TPSA) is 55.2 Å². The molecule has 5 nitrogen and oxygen atoms in total. The zero-order chi connectivity index (χ0) is 22.2. The van der Waals surface area contributed by atoms with Crippen LogP contribution in [-0.4, -0.2) is 21.6 Å². The molecule has 31 heavy (non-hydrogen) atoms. The molecule has 0 aliphatic carbocycles. The van der Waals surface area contributed by atoms with Crippen LogP contribution in [0.15, 0.2) is 54.9 Å². The molecule has 0 unspecified atom stereocenters. The van der Waals surface area contributed by atoms with Gasteiger partial charge in [0.15, 0.2) is 11.6 Å². The summed E-state index contributed by atoms with van der Waals surface area (Å²) < 4.78 is 31.2. The molecular weight excluding hydrogens is 400 g/mol. The smallest absolute Gasteiger partial charge is 0.234 e. The minimum absolute atomic E-state index is 0.0706. The number of hydrogen-bond acceptors (Lipinski definition) is 3. The molecule has 1 aromatic heterocycles. The first-order valence-electron chi connectivity index (χ1n) is 9.68. The van der Waals surface area contributed by atoms with E-state index in [1.54, 1.807) is 55.3 Å². The van der Waals surface area contributed by atoms with Crippen LogP contribution < -0.4 is 4.90 Å². The Kier molecular flexibility index (Phi) is 5.15. The number of carbonyl (C=O) groups excluding carboxylic acids is 2. The Balaban J connectivity index is 1.63. The van der Waals surface area contributed by atoms with Gasteiger partial charge in [-0.05, 0) is 29.8 Å². The minimum Gasteiger partial charge on any atom is -0.276 e. The molecule has 3 aromatic rings. The summed E-state index contributed by atoms with van der Waals surface area (Å²) in [5, 5.41) is 4.09. The molecule has 0 spiro atoms. The molecule has 0 N–H and O–H groups in total. The molecule has 2 aromatic carbocycles. The van der Waals surface area contributed by atoms with Crippen LogP contribution in [0.4, 0.5) is 14.5 Å². The minimum atomic E-state index is -1.01. The molecule has 0 atom stereocenters. The van der Waals surface area contributed by atoms with Crippen molar-refractivity contribution in [2.24, 2.45) is 7.05 Å². The van der Waals surface area contributed by atoms with Crippen LogP contribution in [0.3, 0.4) is 0 Å². The molecule has 1 saturated heterocycles. The van der Waals surface area contributed by atoms with Crippen molar-refractivity contribution in [2.45, 2.75) is 25.2 Å². The summed E-state index contributed by atoms with van der Waals surface area (Å²) in [4.78, 5) is 26.2. The van der Waals surface area contributed by atoms with Crippen LogP contribution in [-0.2, 0) is 22.1 Å². The molecule has 1 aliphatic rings. The van der Waals surface area contributed by atoms with Crippen LogP contribution in [0.2, 0.25) is 0 Å². The van der Waals surface area contributed by atoms with Crippen LogP contribution in [0.25, 0.3) is 0 Å².